The van der Waals surface area contributed by atoms with Crippen molar-refractivity contribution in [2.24, 2.45) is 0 Å². The Labute approximate surface area is 115 Å². The van der Waals surface area contributed by atoms with E-state index in [0.29, 0.717) is 5.02 Å². The van der Waals surface area contributed by atoms with Crippen molar-refractivity contribution in [3.05, 3.63) is 37.8 Å². The first kappa shape index (κ1) is 13.3. The van der Waals surface area contributed by atoms with Gasteiger partial charge in [0.05, 0.1) is 16.4 Å². The number of rotatable bonds is 3. The predicted molar refractivity (Wildman–Crippen MR) is 74.8 cm³/mol. The summed E-state index contributed by atoms with van der Waals surface area (Å²) in [4.78, 5) is 14.4. The maximum Gasteiger partial charge on any atom is 0.185 e. The minimum atomic E-state index is 0.0825. The van der Waals surface area contributed by atoms with Crippen molar-refractivity contribution < 1.29 is 4.79 Å². The van der Waals surface area contributed by atoms with E-state index in [1.165, 1.54) is 0 Å². The van der Waals surface area contributed by atoms with Crippen molar-refractivity contribution in [2.45, 2.75) is 34.2 Å². The van der Waals surface area contributed by atoms with Crippen molar-refractivity contribution in [1.82, 2.24) is 9.78 Å². The van der Waals surface area contributed by atoms with E-state index in [9.17, 15) is 4.79 Å². The van der Waals surface area contributed by atoms with Crippen LogP contribution >= 0.6 is 22.9 Å². The van der Waals surface area contributed by atoms with Crippen molar-refractivity contribution in [3.63, 3.8) is 0 Å². The number of hydrogen-bond acceptors (Lipinski definition) is 3. The van der Waals surface area contributed by atoms with E-state index in [0.717, 1.165) is 26.7 Å². The molecule has 0 aromatic carbocycles. The Kier molecular flexibility index (Phi) is 3.59. The first-order chi connectivity index (χ1) is 8.40. The van der Waals surface area contributed by atoms with Crippen molar-refractivity contribution in [3.8, 4) is 0 Å². The van der Waals surface area contributed by atoms with Gasteiger partial charge in [-0.3, -0.25) is 9.48 Å². The summed E-state index contributed by atoms with van der Waals surface area (Å²) in [5.74, 6) is 0.0825. The van der Waals surface area contributed by atoms with E-state index in [1.807, 2.05) is 33.8 Å². The lowest BCUT2D eigenvalue weighted by Crippen LogP contribution is -2.13. The van der Waals surface area contributed by atoms with Gasteiger partial charge in [-0.25, -0.2) is 0 Å². The summed E-state index contributed by atoms with van der Waals surface area (Å²) >= 11 is 7.71. The molecular formula is C13H15ClN2OS. The zero-order valence-electron chi connectivity index (χ0n) is 10.9. The average Bonchev–Trinajstić information content (AvgIpc) is 2.75. The summed E-state index contributed by atoms with van der Waals surface area (Å²) in [5.41, 5.74) is 2.40. The molecule has 0 N–H and O–H groups in total. The van der Waals surface area contributed by atoms with Crippen molar-refractivity contribution in [1.29, 1.82) is 0 Å². The largest absolute Gasteiger partial charge is 0.292 e. The summed E-state index contributed by atoms with van der Waals surface area (Å²) in [5, 5.41) is 4.92. The molecule has 0 fully saturated rings. The smallest absolute Gasteiger partial charge is 0.185 e. The van der Waals surface area contributed by atoms with E-state index >= 15 is 0 Å². The van der Waals surface area contributed by atoms with Crippen LogP contribution in [0.15, 0.2) is 6.07 Å². The normalized spacial score (nSPS) is 10.9. The molecular weight excluding hydrogens is 268 g/mol. The van der Waals surface area contributed by atoms with Crippen LogP contribution in [0.25, 0.3) is 0 Å². The summed E-state index contributed by atoms with van der Waals surface area (Å²) in [6.07, 6.45) is 0. The highest BCUT2D eigenvalue weighted by molar-refractivity contribution is 7.12. The van der Waals surface area contributed by atoms with E-state index in [-0.39, 0.29) is 12.3 Å². The Morgan fingerprint density at radius 1 is 1.39 bits per heavy atom. The second-order valence-electron chi connectivity index (χ2n) is 4.39. The maximum atomic E-state index is 12.2. The van der Waals surface area contributed by atoms with E-state index in [1.54, 1.807) is 16.0 Å². The fraction of sp³-hybridized carbons (Fsp3) is 0.385. The lowest BCUT2D eigenvalue weighted by atomic mass is 10.1. The second kappa shape index (κ2) is 4.86. The minimum Gasteiger partial charge on any atom is -0.292 e. The topological polar surface area (TPSA) is 34.9 Å². The molecule has 96 valence electrons. The molecule has 2 rings (SSSR count). The van der Waals surface area contributed by atoms with Gasteiger partial charge in [-0.2, -0.15) is 5.10 Å². The van der Waals surface area contributed by atoms with Gasteiger partial charge in [0, 0.05) is 15.3 Å². The van der Waals surface area contributed by atoms with Crippen molar-refractivity contribution in [2.75, 3.05) is 0 Å². The van der Waals surface area contributed by atoms with Crippen LogP contribution in [0.1, 0.15) is 31.5 Å². The highest BCUT2D eigenvalue weighted by Gasteiger charge is 2.16. The van der Waals surface area contributed by atoms with Gasteiger partial charge in [-0.05, 0) is 33.8 Å². The minimum absolute atomic E-state index is 0.0825. The number of ketones is 1. The molecule has 2 aromatic rings. The number of aryl methyl sites for hydroxylation is 3. The quantitative estimate of drug-likeness (QED) is 0.804. The number of carbonyl (C=O) groups excluding carboxylic acids is 1. The molecule has 0 unspecified atom stereocenters. The summed E-state index contributed by atoms with van der Waals surface area (Å²) in [7, 11) is 0. The van der Waals surface area contributed by atoms with Gasteiger partial charge in [-0.15, -0.1) is 11.3 Å². The molecule has 0 aliphatic rings. The van der Waals surface area contributed by atoms with Gasteiger partial charge in [0.25, 0.3) is 0 Å². The fourth-order valence-corrected chi connectivity index (χ4v) is 3.04. The van der Waals surface area contributed by atoms with Gasteiger partial charge in [-0.1, -0.05) is 11.6 Å². The molecule has 0 spiro atoms. The van der Waals surface area contributed by atoms with Gasteiger partial charge in [0.15, 0.2) is 5.78 Å². The molecule has 0 aliphatic carbocycles. The lowest BCUT2D eigenvalue weighted by Gasteiger charge is -2.03. The highest BCUT2D eigenvalue weighted by atomic mass is 35.5. The number of Topliss-reactive ketones (excluding diaryl/α,β-unsaturated/α-hetero) is 1. The maximum absolute atomic E-state index is 12.2. The van der Waals surface area contributed by atoms with Crippen LogP contribution in [0, 0.1) is 27.7 Å². The van der Waals surface area contributed by atoms with Gasteiger partial charge in [0.1, 0.15) is 6.54 Å². The molecule has 0 radical (unpaired) electrons. The molecule has 3 nitrogen and oxygen atoms in total. The second-order valence-corrected chi connectivity index (χ2v) is 6.23. The summed E-state index contributed by atoms with van der Waals surface area (Å²) in [6, 6.07) is 1.94. The van der Waals surface area contributed by atoms with E-state index in [4.69, 9.17) is 11.6 Å². The molecule has 18 heavy (non-hydrogen) atoms. The Hall–Kier alpha value is -1.13. The van der Waals surface area contributed by atoms with Crippen LogP contribution in [0.5, 0.6) is 0 Å². The number of nitrogens with zero attached hydrogens (tertiary/aromatic N) is 2. The third-order valence-electron chi connectivity index (χ3n) is 2.93. The molecule has 2 heterocycles. The van der Waals surface area contributed by atoms with E-state index in [2.05, 4.69) is 5.10 Å². The zero-order valence-corrected chi connectivity index (χ0v) is 12.4. The zero-order chi connectivity index (χ0) is 13.4. The lowest BCUT2D eigenvalue weighted by molar-refractivity contribution is 0.0966. The third kappa shape index (κ3) is 2.35. The molecule has 0 atom stereocenters. The molecule has 0 saturated heterocycles. The fourth-order valence-electron chi connectivity index (χ4n) is 1.96. The number of hydrogen-bond donors (Lipinski definition) is 0. The molecule has 0 aliphatic heterocycles. The Morgan fingerprint density at radius 3 is 2.50 bits per heavy atom. The molecule has 2 aromatic heterocycles. The Bertz CT molecular complexity index is 613. The van der Waals surface area contributed by atoms with Crippen LogP contribution in [0.4, 0.5) is 0 Å². The summed E-state index contributed by atoms with van der Waals surface area (Å²) < 4.78 is 1.67. The first-order valence-electron chi connectivity index (χ1n) is 5.70. The monoisotopic (exact) mass is 282 g/mol. The van der Waals surface area contributed by atoms with Crippen LogP contribution in [-0.2, 0) is 6.54 Å². The number of carbonyl (C=O) groups is 1. The van der Waals surface area contributed by atoms with Crippen LogP contribution < -0.4 is 0 Å². The number of aromatic nitrogens is 2. The number of halogens is 1. The van der Waals surface area contributed by atoms with Gasteiger partial charge in [0.2, 0.25) is 0 Å². The SMILES string of the molecule is Cc1cc(C(=O)Cn2nc(C)c(Cl)c2C)c(C)s1. The Morgan fingerprint density at radius 2 is 2.06 bits per heavy atom. The molecule has 0 amide bonds. The standard InChI is InChI=1S/C13H15ClN2OS/c1-7-5-11(10(4)18-7)12(17)6-16-9(3)13(14)8(2)15-16/h5H,6H2,1-4H3. The van der Waals surface area contributed by atoms with Crippen LogP contribution in [0.2, 0.25) is 5.02 Å². The number of thiophene rings is 1. The molecule has 5 heteroatoms. The summed E-state index contributed by atoms with van der Waals surface area (Å²) in [6.45, 7) is 7.95. The van der Waals surface area contributed by atoms with Crippen molar-refractivity contribution >= 4 is 28.7 Å². The van der Waals surface area contributed by atoms with Crippen LogP contribution in [-0.4, -0.2) is 15.6 Å². The average molecular weight is 283 g/mol. The first-order valence-corrected chi connectivity index (χ1v) is 6.89. The highest BCUT2D eigenvalue weighted by Crippen LogP contribution is 2.23. The van der Waals surface area contributed by atoms with Gasteiger partial charge < -0.3 is 0 Å². The van der Waals surface area contributed by atoms with Gasteiger partial charge >= 0.3 is 0 Å². The third-order valence-corrected chi connectivity index (χ3v) is 4.44. The molecule has 0 bridgehead atoms. The van der Waals surface area contributed by atoms with E-state index < -0.39 is 0 Å². The predicted octanol–water partition coefficient (Wildman–Crippen LogP) is 3.71. The van der Waals surface area contributed by atoms with Crippen LogP contribution in [0.3, 0.4) is 0 Å². The molecule has 0 saturated carbocycles. The Balaban J connectivity index is 2.27.